The molecule has 0 unspecified atom stereocenters. The second-order valence-electron chi connectivity index (χ2n) is 6.72. The standard InChI is InChI=1S/C17H22F2N4S/c1-10(2)13-9-24-16(22-13)15-20-11(3)8-14(23-15)21-12-4-6-17(18,19)7-5-12/h8-10,12H,4-7H2,1-3H3,(H,20,21,23). The molecule has 0 saturated heterocycles. The van der Waals surface area contributed by atoms with Crippen molar-refractivity contribution >= 4 is 17.2 Å². The van der Waals surface area contributed by atoms with Crippen molar-refractivity contribution in [1.82, 2.24) is 15.0 Å². The summed E-state index contributed by atoms with van der Waals surface area (Å²) in [6, 6.07) is 1.89. The summed E-state index contributed by atoms with van der Waals surface area (Å²) in [4.78, 5) is 13.6. The van der Waals surface area contributed by atoms with Gasteiger partial charge in [0, 0.05) is 36.0 Å². The van der Waals surface area contributed by atoms with E-state index in [1.54, 1.807) is 0 Å². The van der Waals surface area contributed by atoms with Gasteiger partial charge >= 0.3 is 0 Å². The van der Waals surface area contributed by atoms with Crippen molar-refractivity contribution in [3.63, 3.8) is 0 Å². The zero-order valence-corrected chi connectivity index (χ0v) is 15.0. The fourth-order valence-corrected chi connectivity index (χ4v) is 3.70. The summed E-state index contributed by atoms with van der Waals surface area (Å²) >= 11 is 1.53. The molecule has 2 aromatic heterocycles. The SMILES string of the molecule is Cc1cc(NC2CCC(F)(F)CC2)nc(-c2nc(C(C)C)cs2)n1. The van der Waals surface area contributed by atoms with Crippen LogP contribution in [0.1, 0.15) is 56.8 Å². The third-order valence-electron chi connectivity index (χ3n) is 4.23. The summed E-state index contributed by atoms with van der Waals surface area (Å²) in [5.41, 5.74) is 1.87. The molecular formula is C17H22F2N4S. The quantitative estimate of drug-likeness (QED) is 0.839. The molecule has 24 heavy (non-hydrogen) atoms. The van der Waals surface area contributed by atoms with Crippen LogP contribution in [-0.2, 0) is 0 Å². The lowest BCUT2D eigenvalue weighted by Gasteiger charge is -2.29. The number of halogens is 2. The normalized spacial score (nSPS) is 18.1. The molecule has 0 aromatic carbocycles. The zero-order valence-electron chi connectivity index (χ0n) is 14.1. The van der Waals surface area contributed by atoms with Crippen LogP contribution in [-0.4, -0.2) is 26.9 Å². The Balaban J connectivity index is 1.76. The van der Waals surface area contributed by atoms with E-state index in [9.17, 15) is 8.78 Å². The van der Waals surface area contributed by atoms with Crippen molar-refractivity contribution in [2.24, 2.45) is 0 Å². The highest BCUT2D eigenvalue weighted by atomic mass is 32.1. The molecule has 1 aliphatic carbocycles. The molecule has 1 N–H and O–H groups in total. The first-order chi connectivity index (χ1) is 11.3. The fourth-order valence-electron chi connectivity index (χ4n) is 2.79. The number of alkyl halides is 2. The van der Waals surface area contributed by atoms with Crippen molar-refractivity contribution in [2.45, 2.75) is 64.3 Å². The van der Waals surface area contributed by atoms with Crippen LogP contribution in [0.2, 0.25) is 0 Å². The first-order valence-electron chi connectivity index (χ1n) is 8.28. The largest absolute Gasteiger partial charge is 0.367 e. The van der Waals surface area contributed by atoms with Crippen LogP contribution in [0.15, 0.2) is 11.4 Å². The molecule has 0 amide bonds. The Morgan fingerprint density at radius 1 is 1.21 bits per heavy atom. The molecule has 0 atom stereocenters. The first kappa shape index (κ1) is 17.2. The Kier molecular flexibility index (Phi) is 4.80. The van der Waals surface area contributed by atoms with Gasteiger partial charge < -0.3 is 5.32 Å². The number of thiazole rings is 1. The van der Waals surface area contributed by atoms with Crippen molar-refractivity contribution in [3.05, 3.63) is 22.8 Å². The lowest BCUT2D eigenvalue weighted by Crippen LogP contribution is -2.32. The van der Waals surface area contributed by atoms with Crippen LogP contribution in [0.25, 0.3) is 10.8 Å². The van der Waals surface area contributed by atoms with Crippen molar-refractivity contribution < 1.29 is 8.78 Å². The number of hydrogen-bond acceptors (Lipinski definition) is 5. The predicted octanol–water partition coefficient (Wildman–Crippen LogP) is 5.02. The summed E-state index contributed by atoms with van der Waals surface area (Å²) in [5.74, 6) is -0.870. The molecule has 0 spiro atoms. The zero-order chi connectivity index (χ0) is 17.3. The third-order valence-corrected chi connectivity index (χ3v) is 5.08. The maximum atomic E-state index is 13.3. The summed E-state index contributed by atoms with van der Waals surface area (Å²) < 4.78 is 26.5. The molecular weight excluding hydrogens is 330 g/mol. The molecule has 1 saturated carbocycles. The van der Waals surface area contributed by atoms with Crippen LogP contribution in [0, 0.1) is 6.92 Å². The molecule has 0 radical (unpaired) electrons. The Labute approximate surface area is 144 Å². The maximum absolute atomic E-state index is 13.3. The average Bonchev–Trinajstić information content (AvgIpc) is 2.99. The van der Waals surface area contributed by atoms with Gasteiger partial charge in [-0.1, -0.05) is 13.8 Å². The molecule has 1 aliphatic rings. The monoisotopic (exact) mass is 352 g/mol. The maximum Gasteiger partial charge on any atom is 0.248 e. The summed E-state index contributed by atoms with van der Waals surface area (Å²) in [5, 5.41) is 6.11. The molecule has 7 heteroatoms. The molecule has 0 aliphatic heterocycles. The lowest BCUT2D eigenvalue weighted by molar-refractivity contribution is -0.0361. The summed E-state index contributed by atoms with van der Waals surface area (Å²) in [6.45, 7) is 6.10. The number of anilines is 1. The molecule has 0 bridgehead atoms. The van der Waals surface area contributed by atoms with Gasteiger partial charge in [0.25, 0.3) is 0 Å². The van der Waals surface area contributed by atoms with E-state index in [2.05, 4.69) is 34.1 Å². The van der Waals surface area contributed by atoms with E-state index in [-0.39, 0.29) is 18.9 Å². The number of hydrogen-bond donors (Lipinski definition) is 1. The van der Waals surface area contributed by atoms with Crippen LogP contribution in [0.5, 0.6) is 0 Å². The summed E-state index contributed by atoms with van der Waals surface area (Å²) in [6.07, 6.45) is 0.790. The van der Waals surface area contributed by atoms with E-state index in [4.69, 9.17) is 0 Å². The Morgan fingerprint density at radius 3 is 2.54 bits per heavy atom. The molecule has 2 heterocycles. The van der Waals surface area contributed by atoms with Gasteiger partial charge in [0.15, 0.2) is 10.8 Å². The Morgan fingerprint density at radius 2 is 1.92 bits per heavy atom. The third kappa shape index (κ3) is 4.06. The van der Waals surface area contributed by atoms with Gasteiger partial charge in [0.05, 0.1) is 5.69 Å². The van der Waals surface area contributed by atoms with Gasteiger partial charge in [-0.2, -0.15) is 0 Å². The number of nitrogens with one attached hydrogen (secondary N) is 1. The number of aromatic nitrogens is 3. The minimum absolute atomic E-state index is 0.0364. The van der Waals surface area contributed by atoms with E-state index in [1.807, 2.05) is 18.4 Å². The van der Waals surface area contributed by atoms with Crippen LogP contribution in [0.4, 0.5) is 14.6 Å². The lowest BCUT2D eigenvalue weighted by atomic mass is 9.92. The molecule has 1 fully saturated rings. The van der Waals surface area contributed by atoms with Crippen molar-refractivity contribution in [1.29, 1.82) is 0 Å². The summed E-state index contributed by atoms with van der Waals surface area (Å²) in [7, 11) is 0. The van der Waals surface area contributed by atoms with E-state index in [1.165, 1.54) is 11.3 Å². The predicted molar refractivity (Wildman–Crippen MR) is 92.8 cm³/mol. The smallest absolute Gasteiger partial charge is 0.248 e. The van der Waals surface area contributed by atoms with E-state index in [0.29, 0.717) is 30.4 Å². The minimum Gasteiger partial charge on any atom is -0.367 e. The van der Waals surface area contributed by atoms with E-state index >= 15 is 0 Å². The van der Waals surface area contributed by atoms with Crippen LogP contribution in [0.3, 0.4) is 0 Å². The Bertz CT molecular complexity index is 704. The van der Waals surface area contributed by atoms with E-state index < -0.39 is 5.92 Å². The van der Waals surface area contributed by atoms with Gasteiger partial charge in [-0.25, -0.2) is 23.7 Å². The van der Waals surface area contributed by atoms with Gasteiger partial charge in [-0.3, -0.25) is 0 Å². The van der Waals surface area contributed by atoms with Crippen LogP contribution >= 0.6 is 11.3 Å². The second-order valence-corrected chi connectivity index (χ2v) is 7.58. The van der Waals surface area contributed by atoms with Gasteiger partial charge in [0.1, 0.15) is 5.82 Å². The van der Waals surface area contributed by atoms with Crippen molar-refractivity contribution in [2.75, 3.05) is 5.32 Å². The second kappa shape index (κ2) is 6.70. The molecule has 130 valence electrons. The van der Waals surface area contributed by atoms with Gasteiger partial charge in [-0.05, 0) is 25.7 Å². The number of rotatable bonds is 4. The van der Waals surface area contributed by atoms with Gasteiger partial charge in [-0.15, -0.1) is 11.3 Å². The molecule has 4 nitrogen and oxygen atoms in total. The number of aryl methyl sites for hydroxylation is 1. The highest BCUT2D eigenvalue weighted by molar-refractivity contribution is 7.13. The van der Waals surface area contributed by atoms with Gasteiger partial charge in [0.2, 0.25) is 5.92 Å². The van der Waals surface area contributed by atoms with E-state index in [0.717, 1.165) is 16.4 Å². The molecule has 2 aromatic rings. The highest BCUT2D eigenvalue weighted by Gasteiger charge is 2.34. The highest BCUT2D eigenvalue weighted by Crippen LogP contribution is 2.34. The first-order valence-corrected chi connectivity index (χ1v) is 9.16. The molecule has 3 rings (SSSR count). The fraction of sp³-hybridized carbons (Fsp3) is 0.588. The number of nitrogens with zero attached hydrogens (tertiary/aromatic N) is 3. The Hall–Kier alpha value is -1.63. The minimum atomic E-state index is -2.51. The van der Waals surface area contributed by atoms with Crippen molar-refractivity contribution in [3.8, 4) is 10.8 Å². The average molecular weight is 352 g/mol. The van der Waals surface area contributed by atoms with Crippen LogP contribution < -0.4 is 5.32 Å². The topological polar surface area (TPSA) is 50.7 Å².